The summed E-state index contributed by atoms with van der Waals surface area (Å²) in [6, 6.07) is 18.4. The van der Waals surface area contributed by atoms with Gasteiger partial charge in [-0.1, -0.05) is 48.0 Å². The maximum atomic E-state index is 12.9. The Morgan fingerprint density at radius 2 is 1.61 bits per heavy atom. The van der Waals surface area contributed by atoms with E-state index < -0.39 is 15.9 Å². The molecular formula is C24H29N3O3S. The normalized spacial score (nSPS) is 12.7. The SMILES string of the molecule is Cc1ccc(S(=O)(=O)NC(=O)c2cc(C)n(C[C@H](c3ccccc3)N(C)C)c2C)cc1. The fourth-order valence-corrected chi connectivity index (χ4v) is 4.65. The summed E-state index contributed by atoms with van der Waals surface area (Å²) in [5.41, 5.74) is 4.12. The van der Waals surface area contributed by atoms with Crippen molar-refractivity contribution in [1.82, 2.24) is 14.2 Å². The minimum Gasteiger partial charge on any atom is -0.346 e. The summed E-state index contributed by atoms with van der Waals surface area (Å²) in [7, 11) is 0.102. The zero-order chi connectivity index (χ0) is 22.8. The molecule has 0 aliphatic carbocycles. The summed E-state index contributed by atoms with van der Waals surface area (Å²) in [6.07, 6.45) is 0. The summed E-state index contributed by atoms with van der Waals surface area (Å²) in [6.45, 7) is 6.29. The van der Waals surface area contributed by atoms with Crippen LogP contribution in [0.15, 0.2) is 65.6 Å². The molecule has 0 bridgehead atoms. The van der Waals surface area contributed by atoms with Crippen molar-refractivity contribution in [1.29, 1.82) is 0 Å². The zero-order valence-corrected chi connectivity index (χ0v) is 19.4. The maximum Gasteiger partial charge on any atom is 0.266 e. The van der Waals surface area contributed by atoms with Gasteiger partial charge in [0.15, 0.2) is 0 Å². The van der Waals surface area contributed by atoms with Gasteiger partial charge in [0.1, 0.15) is 0 Å². The van der Waals surface area contributed by atoms with Crippen LogP contribution in [-0.2, 0) is 16.6 Å². The third-order valence-electron chi connectivity index (χ3n) is 5.54. The first kappa shape index (κ1) is 22.8. The van der Waals surface area contributed by atoms with E-state index in [9.17, 15) is 13.2 Å². The van der Waals surface area contributed by atoms with Crippen LogP contribution in [0.1, 0.15) is 38.9 Å². The molecule has 31 heavy (non-hydrogen) atoms. The summed E-state index contributed by atoms with van der Waals surface area (Å²) >= 11 is 0. The van der Waals surface area contributed by atoms with Gasteiger partial charge in [0.05, 0.1) is 16.5 Å². The van der Waals surface area contributed by atoms with Crippen molar-refractivity contribution in [2.24, 2.45) is 0 Å². The number of rotatable bonds is 7. The number of nitrogens with one attached hydrogen (secondary N) is 1. The van der Waals surface area contributed by atoms with Crippen molar-refractivity contribution in [3.8, 4) is 0 Å². The molecule has 1 amide bonds. The van der Waals surface area contributed by atoms with Crippen LogP contribution < -0.4 is 4.72 Å². The van der Waals surface area contributed by atoms with Crippen molar-refractivity contribution in [2.45, 2.75) is 38.3 Å². The molecule has 3 aromatic rings. The van der Waals surface area contributed by atoms with Crippen LogP contribution in [0.25, 0.3) is 0 Å². The van der Waals surface area contributed by atoms with E-state index >= 15 is 0 Å². The topological polar surface area (TPSA) is 71.4 Å². The highest BCUT2D eigenvalue weighted by Crippen LogP contribution is 2.24. The monoisotopic (exact) mass is 439 g/mol. The Balaban J connectivity index is 1.86. The van der Waals surface area contributed by atoms with E-state index in [0.717, 1.165) is 17.0 Å². The number of benzene rings is 2. The Kier molecular flexibility index (Phi) is 6.67. The van der Waals surface area contributed by atoms with E-state index in [1.165, 1.54) is 17.7 Å². The number of aryl methyl sites for hydroxylation is 2. The van der Waals surface area contributed by atoms with E-state index in [1.807, 2.05) is 53.1 Å². The lowest BCUT2D eigenvalue weighted by Gasteiger charge is -2.27. The van der Waals surface area contributed by atoms with Gasteiger partial charge in [-0.3, -0.25) is 4.79 Å². The van der Waals surface area contributed by atoms with Crippen molar-refractivity contribution < 1.29 is 13.2 Å². The maximum absolute atomic E-state index is 12.9. The first-order valence-corrected chi connectivity index (χ1v) is 11.6. The van der Waals surface area contributed by atoms with Crippen LogP contribution in [0.3, 0.4) is 0 Å². The van der Waals surface area contributed by atoms with Gasteiger partial charge in [-0.05, 0) is 58.6 Å². The van der Waals surface area contributed by atoms with Gasteiger partial charge in [-0.2, -0.15) is 0 Å². The van der Waals surface area contributed by atoms with E-state index in [4.69, 9.17) is 0 Å². The van der Waals surface area contributed by atoms with E-state index in [1.54, 1.807) is 18.2 Å². The largest absolute Gasteiger partial charge is 0.346 e. The molecule has 1 aromatic heterocycles. The van der Waals surface area contributed by atoms with E-state index in [2.05, 4.69) is 26.3 Å². The molecule has 0 spiro atoms. The lowest BCUT2D eigenvalue weighted by Crippen LogP contribution is -2.31. The quantitative estimate of drug-likeness (QED) is 0.607. The summed E-state index contributed by atoms with van der Waals surface area (Å²) in [5.74, 6) is -0.624. The lowest BCUT2D eigenvalue weighted by atomic mass is 10.1. The minimum absolute atomic E-state index is 0.0667. The molecule has 1 heterocycles. The predicted octanol–water partition coefficient (Wildman–Crippen LogP) is 3.83. The molecule has 164 valence electrons. The second-order valence-corrected chi connectivity index (χ2v) is 9.72. The average Bonchev–Trinajstić information content (AvgIpc) is 3.00. The van der Waals surface area contributed by atoms with Gasteiger partial charge in [0.25, 0.3) is 15.9 Å². The Labute approximate surface area is 184 Å². The van der Waals surface area contributed by atoms with Crippen LogP contribution in [0.2, 0.25) is 0 Å². The highest BCUT2D eigenvalue weighted by Gasteiger charge is 2.24. The van der Waals surface area contributed by atoms with Gasteiger partial charge in [0.2, 0.25) is 0 Å². The molecule has 0 unspecified atom stereocenters. The number of nitrogens with zero attached hydrogens (tertiary/aromatic N) is 2. The third-order valence-corrected chi connectivity index (χ3v) is 6.89. The van der Waals surface area contributed by atoms with Crippen LogP contribution in [0.5, 0.6) is 0 Å². The van der Waals surface area contributed by atoms with Crippen molar-refractivity contribution >= 4 is 15.9 Å². The molecule has 0 saturated carbocycles. The Morgan fingerprint density at radius 1 is 1.00 bits per heavy atom. The third kappa shape index (κ3) is 5.06. The molecule has 0 saturated heterocycles. The van der Waals surface area contributed by atoms with Crippen molar-refractivity contribution in [3.63, 3.8) is 0 Å². The van der Waals surface area contributed by atoms with Gasteiger partial charge >= 0.3 is 0 Å². The Morgan fingerprint density at radius 3 is 2.19 bits per heavy atom. The molecular weight excluding hydrogens is 410 g/mol. The second kappa shape index (κ2) is 9.08. The Hall–Kier alpha value is -2.90. The van der Waals surface area contributed by atoms with E-state index in [-0.39, 0.29) is 10.9 Å². The van der Waals surface area contributed by atoms with Gasteiger partial charge < -0.3 is 9.47 Å². The number of hydrogen-bond acceptors (Lipinski definition) is 4. The summed E-state index contributed by atoms with van der Waals surface area (Å²) in [5, 5.41) is 0. The van der Waals surface area contributed by atoms with Crippen molar-refractivity contribution in [2.75, 3.05) is 14.1 Å². The van der Waals surface area contributed by atoms with E-state index in [0.29, 0.717) is 12.1 Å². The highest BCUT2D eigenvalue weighted by molar-refractivity contribution is 7.90. The molecule has 1 atom stereocenters. The fourth-order valence-electron chi connectivity index (χ4n) is 3.68. The second-order valence-electron chi connectivity index (χ2n) is 8.03. The summed E-state index contributed by atoms with van der Waals surface area (Å²) < 4.78 is 29.5. The summed E-state index contributed by atoms with van der Waals surface area (Å²) in [4.78, 5) is 15.1. The highest BCUT2D eigenvalue weighted by atomic mass is 32.2. The number of aromatic nitrogens is 1. The molecule has 2 aromatic carbocycles. The number of carbonyl (C=O) groups is 1. The molecule has 0 aliphatic rings. The molecule has 3 rings (SSSR count). The number of sulfonamides is 1. The zero-order valence-electron chi connectivity index (χ0n) is 18.6. The van der Waals surface area contributed by atoms with Crippen LogP contribution >= 0.6 is 0 Å². The average molecular weight is 440 g/mol. The predicted molar refractivity (Wildman–Crippen MR) is 123 cm³/mol. The van der Waals surface area contributed by atoms with Gasteiger partial charge in [-0.25, -0.2) is 13.1 Å². The number of likely N-dealkylation sites (N-methyl/N-ethyl adjacent to an activating group) is 1. The number of amides is 1. The molecule has 7 heteroatoms. The minimum atomic E-state index is -3.94. The number of hydrogen-bond donors (Lipinski definition) is 1. The Bertz CT molecular complexity index is 1160. The van der Waals surface area contributed by atoms with Crippen LogP contribution in [0, 0.1) is 20.8 Å². The first-order chi connectivity index (χ1) is 14.6. The number of carbonyl (C=O) groups excluding carboxylic acids is 1. The molecule has 1 N–H and O–H groups in total. The van der Waals surface area contributed by atoms with Gasteiger partial charge in [-0.15, -0.1) is 0 Å². The molecule has 0 radical (unpaired) electrons. The smallest absolute Gasteiger partial charge is 0.266 e. The first-order valence-electron chi connectivity index (χ1n) is 10.1. The molecule has 0 aliphatic heterocycles. The van der Waals surface area contributed by atoms with Gasteiger partial charge in [0, 0.05) is 17.9 Å². The van der Waals surface area contributed by atoms with Crippen LogP contribution in [0.4, 0.5) is 0 Å². The molecule has 0 fully saturated rings. The molecule has 6 nitrogen and oxygen atoms in total. The fraction of sp³-hybridized carbons (Fsp3) is 0.292. The standard InChI is InChI=1S/C24H29N3O3S/c1-17-11-13-21(14-12-17)31(29,30)25-24(28)22-15-18(2)27(19(22)3)16-23(26(4)5)20-9-7-6-8-10-20/h6-15,23H,16H2,1-5H3,(H,25,28)/t23-/m1/s1. The van der Waals surface area contributed by atoms with Crippen molar-refractivity contribution in [3.05, 3.63) is 88.7 Å². The van der Waals surface area contributed by atoms with Crippen LogP contribution in [-0.4, -0.2) is 37.9 Å². The lowest BCUT2D eigenvalue weighted by molar-refractivity contribution is 0.0980.